The molecule has 1 N–H and O–H groups in total. The molecule has 0 aromatic heterocycles. The fraction of sp³-hybridized carbons (Fsp3) is 0.333. The van der Waals surface area contributed by atoms with Crippen molar-refractivity contribution < 1.29 is 23.9 Å². The monoisotopic (exact) mass is 636 g/mol. The molecule has 0 saturated carbocycles. The van der Waals surface area contributed by atoms with Gasteiger partial charge in [0, 0.05) is 61.6 Å². The van der Waals surface area contributed by atoms with E-state index in [9.17, 15) is 19.2 Å². The maximum Gasteiger partial charge on any atom is 0.262 e. The molecule has 1 saturated heterocycles. The minimum Gasteiger partial charge on any atom is -0.496 e. The zero-order valence-corrected chi connectivity index (χ0v) is 25.9. The summed E-state index contributed by atoms with van der Waals surface area (Å²) >= 11 is 12.6. The molecular weight excluding hydrogens is 603 g/mol. The summed E-state index contributed by atoms with van der Waals surface area (Å²) in [6, 6.07) is 17.1. The van der Waals surface area contributed by atoms with Crippen LogP contribution in [0.15, 0.2) is 60.7 Å². The Morgan fingerprint density at radius 3 is 2.45 bits per heavy atom. The van der Waals surface area contributed by atoms with E-state index in [0.29, 0.717) is 90.4 Å². The number of halogens is 2. The average molecular weight is 638 g/mol. The van der Waals surface area contributed by atoms with Gasteiger partial charge in [-0.05, 0) is 66.8 Å². The van der Waals surface area contributed by atoms with Gasteiger partial charge in [0.15, 0.2) is 0 Å². The normalized spacial score (nSPS) is 16.9. The molecule has 11 heteroatoms. The van der Waals surface area contributed by atoms with Crippen molar-refractivity contribution in [2.45, 2.75) is 25.2 Å². The van der Waals surface area contributed by atoms with Crippen molar-refractivity contribution in [3.8, 4) is 5.75 Å². The van der Waals surface area contributed by atoms with E-state index in [0.717, 1.165) is 18.3 Å². The fourth-order valence-corrected chi connectivity index (χ4v) is 6.25. The minimum atomic E-state index is -0.376. The summed E-state index contributed by atoms with van der Waals surface area (Å²) in [4.78, 5) is 56.6. The van der Waals surface area contributed by atoms with Crippen molar-refractivity contribution in [3.05, 3.63) is 87.4 Å². The predicted octanol–water partition coefficient (Wildman–Crippen LogP) is 5.51. The molecule has 2 aliphatic heterocycles. The van der Waals surface area contributed by atoms with E-state index in [2.05, 4.69) is 5.32 Å². The second-order valence-electron chi connectivity index (χ2n) is 10.9. The molecule has 3 amide bonds. The summed E-state index contributed by atoms with van der Waals surface area (Å²) in [6.07, 6.45) is 2.61. The Morgan fingerprint density at radius 2 is 1.73 bits per heavy atom. The summed E-state index contributed by atoms with van der Waals surface area (Å²) in [6.45, 7) is 3.35. The number of carbonyl (C=O) groups excluding carboxylic acids is 4. The Morgan fingerprint density at radius 1 is 0.955 bits per heavy atom. The van der Waals surface area contributed by atoms with Crippen LogP contribution in [0.4, 0.5) is 11.4 Å². The number of aldehydes is 1. The summed E-state index contributed by atoms with van der Waals surface area (Å²) in [7, 11) is 1.47. The topological polar surface area (TPSA) is 99.3 Å². The third-order valence-electron chi connectivity index (χ3n) is 8.19. The lowest BCUT2D eigenvalue weighted by molar-refractivity contribution is -0.133. The van der Waals surface area contributed by atoms with Gasteiger partial charge in [-0.15, -0.1) is 0 Å². The zero-order valence-electron chi connectivity index (χ0n) is 24.4. The first-order valence-electron chi connectivity index (χ1n) is 14.6. The van der Waals surface area contributed by atoms with Crippen LogP contribution >= 0.6 is 23.2 Å². The summed E-state index contributed by atoms with van der Waals surface area (Å²) in [5, 5.41) is 3.68. The quantitative estimate of drug-likeness (QED) is 0.327. The number of hydrogen-bond acceptors (Lipinski definition) is 6. The number of anilines is 2. The lowest BCUT2D eigenvalue weighted by atomic mass is 9.90. The van der Waals surface area contributed by atoms with E-state index >= 15 is 0 Å². The Bertz CT molecular complexity index is 1560. The number of carbonyl (C=O) groups is 4. The van der Waals surface area contributed by atoms with Crippen LogP contribution in [-0.4, -0.2) is 80.2 Å². The number of methoxy groups -OCH3 is 1. The van der Waals surface area contributed by atoms with Crippen LogP contribution in [0, 0.1) is 0 Å². The van der Waals surface area contributed by atoms with Gasteiger partial charge in [-0.25, -0.2) is 0 Å². The number of amides is 3. The fourth-order valence-electron chi connectivity index (χ4n) is 5.85. The van der Waals surface area contributed by atoms with Crippen molar-refractivity contribution in [2.75, 3.05) is 56.6 Å². The first kappa shape index (κ1) is 31.5. The van der Waals surface area contributed by atoms with Gasteiger partial charge in [0.25, 0.3) is 11.8 Å². The second-order valence-corrected chi connectivity index (χ2v) is 11.7. The van der Waals surface area contributed by atoms with E-state index in [4.69, 9.17) is 27.9 Å². The van der Waals surface area contributed by atoms with Crippen LogP contribution in [-0.2, 0) is 9.59 Å². The Labute approximate surface area is 266 Å². The highest BCUT2D eigenvalue weighted by Crippen LogP contribution is 2.40. The summed E-state index contributed by atoms with van der Waals surface area (Å²) < 4.78 is 5.59. The first-order chi connectivity index (χ1) is 21.3. The van der Waals surface area contributed by atoms with Crippen LogP contribution in [0.25, 0.3) is 0 Å². The Hall–Kier alpha value is -3.92. The Kier molecular flexibility index (Phi) is 10.2. The number of nitrogens with one attached hydrogen (secondary N) is 1. The van der Waals surface area contributed by atoms with Gasteiger partial charge >= 0.3 is 0 Å². The molecule has 0 radical (unpaired) electrons. The predicted molar refractivity (Wildman–Crippen MR) is 171 cm³/mol. The summed E-state index contributed by atoms with van der Waals surface area (Å²) in [5.74, 6) is -0.368. The molecule has 0 bridgehead atoms. The van der Waals surface area contributed by atoms with Crippen molar-refractivity contribution in [1.29, 1.82) is 0 Å². The molecule has 2 aliphatic rings. The third kappa shape index (κ3) is 7.07. The summed E-state index contributed by atoms with van der Waals surface area (Å²) in [5.41, 5.74) is 2.70. The van der Waals surface area contributed by atoms with E-state index in [1.165, 1.54) is 7.11 Å². The molecule has 1 unspecified atom stereocenters. The Balaban J connectivity index is 1.35. The average Bonchev–Trinajstić information content (AvgIpc) is 3.20. The highest BCUT2D eigenvalue weighted by Gasteiger charge is 2.31. The number of benzene rings is 3. The zero-order chi connectivity index (χ0) is 31.2. The molecule has 230 valence electrons. The second kappa shape index (κ2) is 14.2. The van der Waals surface area contributed by atoms with Crippen LogP contribution in [0.3, 0.4) is 0 Å². The van der Waals surface area contributed by atoms with Gasteiger partial charge < -0.3 is 24.6 Å². The highest BCUT2D eigenvalue weighted by molar-refractivity contribution is 6.34. The molecule has 3 aromatic carbocycles. The molecular formula is C33H34Cl2N4O5. The van der Waals surface area contributed by atoms with Crippen LogP contribution in [0.5, 0.6) is 5.75 Å². The van der Waals surface area contributed by atoms with Gasteiger partial charge in [-0.2, -0.15) is 0 Å². The molecule has 0 aliphatic carbocycles. The van der Waals surface area contributed by atoms with Gasteiger partial charge in [-0.1, -0.05) is 35.3 Å². The number of ether oxygens (including phenoxy) is 1. The van der Waals surface area contributed by atoms with E-state index in [1.54, 1.807) is 53.4 Å². The van der Waals surface area contributed by atoms with Gasteiger partial charge in [0.2, 0.25) is 5.91 Å². The van der Waals surface area contributed by atoms with Crippen LogP contribution in [0.2, 0.25) is 10.0 Å². The number of hydrogen-bond donors (Lipinski definition) is 1. The van der Waals surface area contributed by atoms with E-state index in [1.807, 2.05) is 21.9 Å². The lowest BCUT2D eigenvalue weighted by Crippen LogP contribution is -2.49. The molecule has 0 spiro atoms. The van der Waals surface area contributed by atoms with Crippen molar-refractivity contribution >= 4 is 58.6 Å². The molecule has 5 rings (SSSR count). The van der Waals surface area contributed by atoms with Gasteiger partial charge in [0.1, 0.15) is 12.0 Å². The highest BCUT2D eigenvalue weighted by atomic mass is 35.5. The number of nitrogens with zero attached hydrogens (tertiary/aromatic N) is 3. The maximum atomic E-state index is 14.0. The molecule has 1 fully saturated rings. The van der Waals surface area contributed by atoms with Gasteiger partial charge in [0.05, 0.1) is 29.8 Å². The number of fused-ring (bicyclic) bond motifs is 1. The lowest BCUT2D eigenvalue weighted by Gasteiger charge is -2.34. The maximum absolute atomic E-state index is 14.0. The van der Waals surface area contributed by atoms with Crippen molar-refractivity contribution in [3.63, 3.8) is 0 Å². The smallest absolute Gasteiger partial charge is 0.262 e. The molecule has 44 heavy (non-hydrogen) atoms. The van der Waals surface area contributed by atoms with Crippen LogP contribution < -0.4 is 15.0 Å². The minimum absolute atomic E-state index is 0.0579. The van der Waals surface area contributed by atoms with Crippen molar-refractivity contribution in [1.82, 2.24) is 9.80 Å². The van der Waals surface area contributed by atoms with Gasteiger partial charge in [-0.3, -0.25) is 19.3 Å². The standard InChI is InChI=1S/C33H34Cl2N4O5/c1-44-30-21-24(36-32(42)25-6-2-3-7-28(25)35)9-10-26(30)33(43)39-12-4-5-22(27-20-23(34)8-11-29(27)39)19-31(41)38-15-13-37(14-16-38)17-18-40/h2-3,6-11,18,20-22H,4-5,12-17,19H2,1H3,(H,36,42). The van der Waals surface area contributed by atoms with E-state index < -0.39 is 0 Å². The third-order valence-corrected chi connectivity index (χ3v) is 8.75. The molecule has 3 aromatic rings. The molecule has 9 nitrogen and oxygen atoms in total. The van der Waals surface area contributed by atoms with E-state index in [-0.39, 0.29) is 23.6 Å². The largest absolute Gasteiger partial charge is 0.496 e. The van der Waals surface area contributed by atoms with Crippen LogP contribution in [0.1, 0.15) is 51.5 Å². The molecule has 2 heterocycles. The number of piperazine rings is 1. The molecule has 1 atom stereocenters. The SMILES string of the molecule is COc1cc(NC(=O)c2ccccc2Cl)ccc1C(=O)N1CCCC(CC(=O)N2CCN(CC=O)CC2)c2cc(Cl)ccc21. The van der Waals surface area contributed by atoms with Crippen molar-refractivity contribution in [2.24, 2.45) is 0 Å². The number of rotatable bonds is 8. The first-order valence-corrected chi connectivity index (χ1v) is 15.3.